The molecule has 6 nitrogen and oxygen atoms in total. The molecule has 5 rings (SSSR count). The van der Waals surface area contributed by atoms with Crippen LogP contribution in [0.4, 0.5) is 10.5 Å². The normalized spacial score (nSPS) is 11.2. The molecule has 150 valence electrons. The fourth-order valence-electron chi connectivity index (χ4n) is 3.67. The fraction of sp³-hybridized carbons (Fsp3) is 0.130. The first-order valence-electron chi connectivity index (χ1n) is 9.78. The smallest absolute Gasteiger partial charge is 0.319 e. The van der Waals surface area contributed by atoms with E-state index in [9.17, 15) is 4.79 Å². The van der Waals surface area contributed by atoms with Gasteiger partial charge < -0.3 is 15.2 Å². The van der Waals surface area contributed by atoms with Gasteiger partial charge in [0.25, 0.3) is 0 Å². The number of amides is 2. The Morgan fingerprint density at radius 1 is 1.13 bits per heavy atom. The van der Waals surface area contributed by atoms with Gasteiger partial charge in [-0.25, -0.2) is 4.79 Å². The molecule has 3 aromatic heterocycles. The van der Waals surface area contributed by atoms with Crippen LogP contribution >= 0.6 is 11.3 Å². The lowest BCUT2D eigenvalue weighted by atomic mass is 10.1. The number of thiophene rings is 1. The molecule has 0 saturated heterocycles. The minimum Gasteiger partial charge on any atom is -0.354 e. The number of hydrogen-bond donors (Lipinski definition) is 3. The van der Waals surface area contributed by atoms with E-state index in [0.717, 1.165) is 33.5 Å². The number of carbonyl (C=O) groups is 1. The number of fused-ring (bicyclic) bond motifs is 2. The molecule has 0 unspecified atom stereocenters. The maximum Gasteiger partial charge on any atom is 0.319 e. The Kier molecular flexibility index (Phi) is 4.72. The molecule has 2 amide bonds. The Balaban J connectivity index is 1.37. The molecular weight excluding hydrogens is 394 g/mol. The average molecular weight is 416 g/mol. The Morgan fingerprint density at radius 3 is 2.87 bits per heavy atom. The minimum atomic E-state index is -0.214. The summed E-state index contributed by atoms with van der Waals surface area (Å²) in [6.45, 7) is 0.570. The number of nitrogens with one attached hydrogen (secondary N) is 3. The van der Waals surface area contributed by atoms with Crippen molar-refractivity contribution in [3.05, 3.63) is 72.7 Å². The molecule has 30 heavy (non-hydrogen) atoms. The molecule has 0 atom stereocenters. The zero-order valence-electron chi connectivity index (χ0n) is 16.5. The molecule has 0 bridgehead atoms. The maximum absolute atomic E-state index is 12.4. The van der Waals surface area contributed by atoms with Crippen molar-refractivity contribution in [1.82, 2.24) is 20.1 Å². The Bertz CT molecular complexity index is 1310. The standard InChI is InChI=1S/C23H21N5OS/c1-28-10-4-6-18(28)8-9-24-23(29)26-17-11-16-14-25-27-22(16)19(13-17)21-12-15-5-2-3-7-20(15)30-21/h2-7,10-14H,8-9H2,1H3,(H,25,27)(H2,24,26,29). The van der Waals surface area contributed by atoms with Gasteiger partial charge in [0.05, 0.1) is 11.7 Å². The van der Waals surface area contributed by atoms with Gasteiger partial charge in [0.15, 0.2) is 0 Å². The van der Waals surface area contributed by atoms with E-state index in [-0.39, 0.29) is 6.03 Å². The molecule has 0 aliphatic rings. The van der Waals surface area contributed by atoms with E-state index in [1.807, 2.05) is 43.6 Å². The van der Waals surface area contributed by atoms with Crippen LogP contribution in [0.25, 0.3) is 31.4 Å². The molecule has 3 heterocycles. The van der Waals surface area contributed by atoms with Crippen LogP contribution in [-0.4, -0.2) is 27.3 Å². The summed E-state index contributed by atoms with van der Waals surface area (Å²) in [5, 5.41) is 15.4. The van der Waals surface area contributed by atoms with Crippen LogP contribution in [0, 0.1) is 0 Å². The van der Waals surface area contributed by atoms with E-state index in [1.54, 1.807) is 17.5 Å². The van der Waals surface area contributed by atoms with Crippen molar-refractivity contribution < 1.29 is 4.79 Å². The number of benzene rings is 2. The van der Waals surface area contributed by atoms with Gasteiger partial charge >= 0.3 is 6.03 Å². The van der Waals surface area contributed by atoms with Crippen molar-refractivity contribution in [2.24, 2.45) is 7.05 Å². The van der Waals surface area contributed by atoms with Crippen LogP contribution in [0.3, 0.4) is 0 Å². The van der Waals surface area contributed by atoms with Crippen molar-refractivity contribution in [3.8, 4) is 10.4 Å². The summed E-state index contributed by atoms with van der Waals surface area (Å²) in [5.41, 5.74) is 3.93. The summed E-state index contributed by atoms with van der Waals surface area (Å²) in [7, 11) is 2.01. The van der Waals surface area contributed by atoms with Crippen molar-refractivity contribution in [2.45, 2.75) is 6.42 Å². The highest BCUT2D eigenvalue weighted by molar-refractivity contribution is 7.22. The van der Waals surface area contributed by atoms with Gasteiger partial charge in [0, 0.05) is 58.1 Å². The van der Waals surface area contributed by atoms with Gasteiger partial charge in [-0.05, 0) is 41.8 Å². The second kappa shape index (κ2) is 7.68. The number of nitrogens with zero attached hydrogens (tertiary/aromatic N) is 2. The number of H-pyrrole nitrogens is 1. The fourth-order valence-corrected chi connectivity index (χ4v) is 4.76. The van der Waals surface area contributed by atoms with Crippen molar-refractivity contribution in [1.29, 1.82) is 0 Å². The molecule has 0 fully saturated rings. The van der Waals surface area contributed by atoms with E-state index >= 15 is 0 Å². The number of aromatic nitrogens is 3. The summed E-state index contributed by atoms with van der Waals surface area (Å²) in [5.74, 6) is 0. The lowest BCUT2D eigenvalue weighted by Crippen LogP contribution is -2.30. The van der Waals surface area contributed by atoms with E-state index in [2.05, 4.69) is 49.7 Å². The number of urea groups is 1. The predicted molar refractivity (Wildman–Crippen MR) is 123 cm³/mol. The molecular formula is C23H21N5OS. The number of rotatable bonds is 5. The molecule has 0 aliphatic heterocycles. The Hall–Kier alpha value is -3.58. The first kappa shape index (κ1) is 18.4. The lowest BCUT2D eigenvalue weighted by Gasteiger charge is -2.10. The second-order valence-electron chi connectivity index (χ2n) is 7.25. The average Bonchev–Trinajstić information content (AvgIpc) is 3.47. The number of aromatic amines is 1. The molecule has 0 aliphatic carbocycles. The number of anilines is 1. The second-order valence-corrected chi connectivity index (χ2v) is 8.33. The van der Waals surface area contributed by atoms with E-state index in [1.165, 1.54) is 15.8 Å². The molecule has 2 aromatic carbocycles. The summed E-state index contributed by atoms with van der Waals surface area (Å²) in [4.78, 5) is 13.6. The van der Waals surface area contributed by atoms with Gasteiger partial charge in [-0.3, -0.25) is 5.10 Å². The highest BCUT2D eigenvalue weighted by Crippen LogP contribution is 2.38. The predicted octanol–water partition coefficient (Wildman–Crippen LogP) is 5.15. The van der Waals surface area contributed by atoms with E-state index in [4.69, 9.17) is 0 Å². The summed E-state index contributed by atoms with van der Waals surface area (Å²) < 4.78 is 3.29. The van der Waals surface area contributed by atoms with Crippen molar-refractivity contribution in [2.75, 3.05) is 11.9 Å². The maximum atomic E-state index is 12.4. The van der Waals surface area contributed by atoms with Crippen LogP contribution in [-0.2, 0) is 13.5 Å². The number of carbonyl (C=O) groups excluding carboxylic acids is 1. The third kappa shape index (κ3) is 3.55. The largest absolute Gasteiger partial charge is 0.354 e. The quantitative estimate of drug-likeness (QED) is 0.371. The van der Waals surface area contributed by atoms with Crippen LogP contribution in [0.1, 0.15) is 5.69 Å². The first-order chi connectivity index (χ1) is 14.7. The third-order valence-electron chi connectivity index (χ3n) is 5.22. The first-order valence-corrected chi connectivity index (χ1v) is 10.6. The van der Waals surface area contributed by atoms with Gasteiger partial charge in [0.2, 0.25) is 0 Å². The third-order valence-corrected chi connectivity index (χ3v) is 6.37. The monoisotopic (exact) mass is 415 g/mol. The van der Waals surface area contributed by atoms with Crippen LogP contribution < -0.4 is 10.6 Å². The van der Waals surface area contributed by atoms with Gasteiger partial charge in [0.1, 0.15) is 0 Å². The summed E-state index contributed by atoms with van der Waals surface area (Å²) in [6, 6.07) is 18.3. The SMILES string of the molecule is Cn1cccc1CCNC(=O)Nc1cc(-c2cc3ccccc3s2)c2[nH]ncc2c1. The zero-order valence-corrected chi connectivity index (χ0v) is 17.3. The molecule has 3 N–H and O–H groups in total. The number of aryl methyl sites for hydroxylation is 1. The van der Waals surface area contributed by atoms with E-state index in [0.29, 0.717) is 6.54 Å². The minimum absolute atomic E-state index is 0.214. The van der Waals surface area contributed by atoms with Gasteiger partial charge in [-0.15, -0.1) is 11.3 Å². The van der Waals surface area contributed by atoms with Gasteiger partial charge in [-0.2, -0.15) is 5.10 Å². The Labute approximate surface area is 177 Å². The molecule has 7 heteroatoms. The van der Waals surface area contributed by atoms with Crippen molar-refractivity contribution in [3.63, 3.8) is 0 Å². The molecule has 0 radical (unpaired) electrons. The topological polar surface area (TPSA) is 74.7 Å². The van der Waals surface area contributed by atoms with Crippen LogP contribution in [0.15, 0.2) is 67.0 Å². The Morgan fingerprint density at radius 2 is 2.03 bits per heavy atom. The highest BCUT2D eigenvalue weighted by atomic mass is 32.1. The zero-order chi connectivity index (χ0) is 20.5. The van der Waals surface area contributed by atoms with Crippen molar-refractivity contribution >= 4 is 44.0 Å². The van der Waals surface area contributed by atoms with Crippen LogP contribution in [0.5, 0.6) is 0 Å². The van der Waals surface area contributed by atoms with E-state index < -0.39 is 0 Å². The molecule has 0 spiro atoms. The van der Waals surface area contributed by atoms with Gasteiger partial charge in [-0.1, -0.05) is 18.2 Å². The molecule has 0 saturated carbocycles. The van der Waals surface area contributed by atoms with Crippen LogP contribution in [0.2, 0.25) is 0 Å². The highest BCUT2D eigenvalue weighted by Gasteiger charge is 2.13. The summed E-state index contributed by atoms with van der Waals surface area (Å²) >= 11 is 1.73. The lowest BCUT2D eigenvalue weighted by molar-refractivity contribution is 0.252. The molecule has 5 aromatic rings. The summed E-state index contributed by atoms with van der Waals surface area (Å²) in [6.07, 6.45) is 4.57. The number of hydrogen-bond acceptors (Lipinski definition) is 3.